The SMILES string of the molecule is Cc1cc(Br)c(F)cc1NC1CCN(C)CC1. The minimum Gasteiger partial charge on any atom is -0.382 e. The lowest BCUT2D eigenvalue weighted by molar-refractivity contribution is 0.264. The third-order valence-electron chi connectivity index (χ3n) is 3.35. The molecule has 1 aromatic carbocycles. The van der Waals surface area contributed by atoms with Gasteiger partial charge in [0.2, 0.25) is 0 Å². The topological polar surface area (TPSA) is 15.3 Å². The first-order valence-electron chi connectivity index (χ1n) is 5.97. The standard InChI is InChI=1S/C13H18BrFN2/c1-9-7-11(14)12(15)8-13(9)16-10-3-5-17(2)6-4-10/h7-8,10,16H,3-6H2,1-2H3. The zero-order chi connectivity index (χ0) is 12.4. The Morgan fingerprint density at radius 2 is 2.00 bits per heavy atom. The molecular formula is C13H18BrFN2. The van der Waals surface area contributed by atoms with E-state index in [1.165, 1.54) is 0 Å². The van der Waals surface area contributed by atoms with Gasteiger partial charge in [0.05, 0.1) is 4.47 Å². The van der Waals surface area contributed by atoms with Crippen LogP contribution in [0.2, 0.25) is 0 Å². The maximum absolute atomic E-state index is 13.5. The molecule has 0 aliphatic carbocycles. The summed E-state index contributed by atoms with van der Waals surface area (Å²) in [5.74, 6) is -0.203. The van der Waals surface area contributed by atoms with Crippen molar-refractivity contribution in [1.82, 2.24) is 4.90 Å². The second-order valence-corrected chi connectivity index (χ2v) is 5.66. The van der Waals surface area contributed by atoms with Gasteiger partial charge in [0, 0.05) is 11.7 Å². The number of likely N-dealkylation sites (tertiary alicyclic amines) is 1. The van der Waals surface area contributed by atoms with Gasteiger partial charge in [-0.1, -0.05) is 0 Å². The summed E-state index contributed by atoms with van der Waals surface area (Å²) < 4.78 is 14.0. The van der Waals surface area contributed by atoms with Crippen LogP contribution in [-0.2, 0) is 0 Å². The minimum atomic E-state index is -0.203. The van der Waals surface area contributed by atoms with Crippen LogP contribution in [0.1, 0.15) is 18.4 Å². The fraction of sp³-hybridized carbons (Fsp3) is 0.538. The number of hydrogen-bond acceptors (Lipinski definition) is 2. The van der Waals surface area contributed by atoms with E-state index in [0.29, 0.717) is 10.5 Å². The van der Waals surface area contributed by atoms with Crippen LogP contribution in [0.5, 0.6) is 0 Å². The predicted molar refractivity (Wildman–Crippen MR) is 73.0 cm³/mol. The van der Waals surface area contributed by atoms with E-state index in [9.17, 15) is 4.39 Å². The van der Waals surface area contributed by atoms with Gasteiger partial charge in [0.15, 0.2) is 0 Å². The molecule has 1 N–H and O–H groups in total. The maximum atomic E-state index is 13.5. The lowest BCUT2D eigenvalue weighted by Gasteiger charge is -2.30. The van der Waals surface area contributed by atoms with E-state index in [-0.39, 0.29) is 5.82 Å². The molecule has 0 spiro atoms. The zero-order valence-electron chi connectivity index (χ0n) is 10.3. The highest BCUT2D eigenvalue weighted by molar-refractivity contribution is 9.10. The van der Waals surface area contributed by atoms with Gasteiger partial charge < -0.3 is 10.2 Å². The largest absolute Gasteiger partial charge is 0.382 e. The monoisotopic (exact) mass is 300 g/mol. The van der Waals surface area contributed by atoms with E-state index in [2.05, 4.69) is 33.2 Å². The Hall–Kier alpha value is -0.610. The van der Waals surface area contributed by atoms with Gasteiger partial charge in [-0.2, -0.15) is 0 Å². The smallest absolute Gasteiger partial charge is 0.139 e. The first kappa shape index (κ1) is 12.8. The molecule has 0 aromatic heterocycles. The molecule has 2 rings (SSSR count). The zero-order valence-corrected chi connectivity index (χ0v) is 11.8. The van der Waals surface area contributed by atoms with Gasteiger partial charge in [-0.3, -0.25) is 0 Å². The lowest BCUT2D eigenvalue weighted by atomic mass is 10.0. The number of aryl methyl sites for hydroxylation is 1. The Bertz CT molecular complexity index is 401. The molecule has 17 heavy (non-hydrogen) atoms. The van der Waals surface area contributed by atoms with Crippen molar-refractivity contribution in [3.8, 4) is 0 Å². The molecule has 0 saturated carbocycles. The fourth-order valence-electron chi connectivity index (χ4n) is 2.17. The van der Waals surface area contributed by atoms with Crippen molar-refractivity contribution in [2.45, 2.75) is 25.8 Å². The number of benzene rings is 1. The van der Waals surface area contributed by atoms with Gasteiger partial charge >= 0.3 is 0 Å². The molecule has 1 aliphatic rings. The van der Waals surface area contributed by atoms with Crippen LogP contribution in [0, 0.1) is 12.7 Å². The number of halogens is 2. The summed E-state index contributed by atoms with van der Waals surface area (Å²) in [6.07, 6.45) is 2.24. The van der Waals surface area contributed by atoms with Crippen molar-refractivity contribution in [3.05, 3.63) is 28.0 Å². The van der Waals surface area contributed by atoms with Crippen LogP contribution < -0.4 is 5.32 Å². The fourth-order valence-corrected chi connectivity index (χ4v) is 2.63. The first-order valence-corrected chi connectivity index (χ1v) is 6.76. The highest BCUT2D eigenvalue weighted by atomic mass is 79.9. The molecule has 1 aromatic rings. The minimum absolute atomic E-state index is 0.203. The van der Waals surface area contributed by atoms with Crippen molar-refractivity contribution in [1.29, 1.82) is 0 Å². The molecule has 94 valence electrons. The Kier molecular flexibility index (Phi) is 4.05. The van der Waals surface area contributed by atoms with Crippen LogP contribution in [0.25, 0.3) is 0 Å². The first-order chi connectivity index (χ1) is 8.06. The Morgan fingerprint density at radius 3 is 2.65 bits per heavy atom. The van der Waals surface area contributed by atoms with Crippen molar-refractivity contribution in [2.75, 3.05) is 25.5 Å². The van der Waals surface area contributed by atoms with Crippen molar-refractivity contribution in [2.24, 2.45) is 0 Å². The predicted octanol–water partition coefficient (Wildman–Crippen LogP) is 3.40. The van der Waals surface area contributed by atoms with Crippen molar-refractivity contribution < 1.29 is 4.39 Å². The average molecular weight is 301 g/mol. The summed E-state index contributed by atoms with van der Waals surface area (Å²) in [4.78, 5) is 2.33. The number of nitrogens with one attached hydrogen (secondary N) is 1. The van der Waals surface area contributed by atoms with Crippen molar-refractivity contribution in [3.63, 3.8) is 0 Å². The van der Waals surface area contributed by atoms with Gasteiger partial charge in [0.25, 0.3) is 0 Å². The van der Waals surface area contributed by atoms with E-state index in [0.717, 1.165) is 37.2 Å². The summed E-state index contributed by atoms with van der Waals surface area (Å²) >= 11 is 3.20. The van der Waals surface area contributed by atoms with Gasteiger partial charge in [0.1, 0.15) is 5.82 Å². The summed E-state index contributed by atoms with van der Waals surface area (Å²) in [5, 5.41) is 3.45. The molecule has 0 atom stereocenters. The van der Waals surface area contributed by atoms with Crippen LogP contribution in [0.15, 0.2) is 16.6 Å². The Morgan fingerprint density at radius 1 is 1.35 bits per heavy atom. The summed E-state index contributed by atoms with van der Waals surface area (Å²) in [7, 11) is 2.14. The summed E-state index contributed by atoms with van der Waals surface area (Å²) in [5.41, 5.74) is 2.00. The molecule has 0 unspecified atom stereocenters. The average Bonchev–Trinajstić information content (AvgIpc) is 2.29. The molecule has 1 saturated heterocycles. The van der Waals surface area contributed by atoms with E-state index in [1.807, 2.05) is 13.0 Å². The maximum Gasteiger partial charge on any atom is 0.139 e. The lowest BCUT2D eigenvalue weighted by Crippen LogP contribution is -2.36. The number of hydrogen-bond donors (Lipinski definition) is 1. The summed E-state index contributed by atoms with van der Waals surface area (Å²) in [6, 6.07) is 3.87. The number of rotatable bonds is 2. The Labute approximate surface area is 110 Å². The highest BCUT2D eigenvalue weighted by Gasteiger charge is 2.17. The van der Waals surface area contributed by atoms with Crippen molar-refractivity contribution >= 4 is 21.6 Å². The van der Waals surface area contributed by atoms with Gasteiger partial charge in [-0.15, -0.1) is 0 Å². The van der Waals surface area contributed by atoms with Crippen LogP contribution in [0.3, 0.4) is 0 Å². The molecular weight excluding hydrogens is 283 g/mol. The van der Waals surface area contributed by atoms with E-state index in [4.69, 9.17) is 0 Å². The molecule has 4 heteroatoms. The Balaban J connectivity index is 2.06. The van der Waals surface area contributed by atoms with Crippen LogP contribution >= 0.6 is 15.9 Å². The molecule has 1 fully saturated rings. The number of nitrogens with zero attached hydrogens (tertiary/aromatic N) is 1. The molecule has 1 aliphatic heterocycles. The molecule has 0 bridgehead atoms. The normalized spacial score (nSPS) is 18.4. The quantitative estimate of drug-likeness (QED) is 0.900. The van der Waals surface area contributed by atoms with E-state index in [1.54, 1.807) is 6.07 Å². The van der Waals surface area contributed by atoms with Gasteiger partial charge in [-0.05, 0) is 73.5 Å². The second-order valence-electron chi connectivity index (χ2n) is 4.80. The molecule has 0 radical (unpaired) electrons. The third kappa shape index (κ3) is 3.19. The molecule has 2 nitrogen and oxygen atoms in total. The molecule has 1 heterocycles. The summed E-state index contributed by atoms with van der Waals surface area (Å²) in [6.45, 7) is 4.22. The third-order valence-corrected chi connectivity index (χ3v) is 3.95. The molecule has 0 amide bonds. The van der Waals surface area contributed by atoms with Gasteiger partial charge in [-0.25, -0.2) is 4.39 Å². The van der Waals surface area contributed by atoms with Crippen LogP contribution in [-0.4, -0.2) is 31.1 Å². The second kappa shape index (κ2) is 5.36. The highest BCUT2D eigenvalue weighted by Crippen LogP contribution is 2.25. The van der Waals surface area contributed by atoms with Crippen LogP contribution in [0.4, 0.5) is 10.1 Å². The number of anilines is 1. The number of piperidine rings is 1. The van der Waals surface area contributed by atoms with E-state index >= 15 is 0 Å². The van der Waals surface area contributed by atoms with E-state index < -0.39 is 0 Å².